The lowest BCUT2D eigenvalue weighted by atomic mass is 10.1. The van der Waals surface area contributed by atoms with Crippen molar-refractivity contribution in [1.29, 1.82) is 0 Å². The van der Waals surface area contributed by atoms with E-state index in [2.05, 4.69) is 78.8 Å². The second kappa shape index (κ2) is 7.71. The predicted octanol–water partition coefficient (Wildman–Crippen LogP) is 3.82. The number of nitrogens with one attached hydrogen (secondary N) is 1. The molecule has 0 atom stereocenters. The highest BCUT2D eigenvalue weighted by atomic mass is 15.1. The van der Waals surface area contributed by atoms with Crippen LogP contribution in [0.4, 0.5) is 5.69 Å². The van der Waals surface area contributed by atoms with Crippen molar-refractivity contribution >= 4 is 5.69 Å². The van der Waals surface area contributed by atoms with Crippen LogP contribution in [0.15, 0.2) is 54.6 Å². The summed E-state index contributed by atoms with van der Waals surface area (Å²) in [6.07, 6.45) is 1.18. The van der Waals surface area contributed by atoms with Crippen molar-refractivity contribution in [2.24, 2.45) is 0 Å². The first kappa shape index (κ1) is 14.6. The van der Waals surface area contributed by atoms with E-state index in [1.165, 1.54) is 23.2 Å². The number of hydrogen-bond donors (Lipinski definition) is 1. The van der Waals surface area contributed by atoms with Crippen LogP contribution in [0, 0.1) is 0 Å². The Labute approximate surface area is 122 Å². The summed E-state index contributed by atoms with van der Waals surface area (Å²) in [6.45, 7) is 5.17. The molecule has 2 aromatic carbocycles. The summed E-state index contributed by atoms with van der Waals surface area (Å²) in [5.41, 5.74) is 3.95. The lowest BCUT2D eigenvalue weighted by Gasteiger charge is -2.19. The highest BCUT2D eigenvalue weighted by Crippen LogP contribution is 2.15. The zero-order valence-electron chi connectivity index (χ0n) is 12.5. The molecule has 0 bridgehead atoms. The van der Waals surface area contributed by atoms with Crippen LogP contribution in [-0.4, -0.2) is 13.6 Å². The molecule has 0 aliphatic carbocycles. The van der Waals surface area contributed by atoms with E-state index in [9.17, 15) is 0 Å². The maximum absolute atomic E-state index is 3.43. The smallest absolute Gasteiger partial charge is 0.0426 e. The van der Waals surface area contributed by atoms with E-state index in [0.29, 0.717) is 0 Å². The van der Waals surface area contributed by atoms with Gasteiger partial charge < -0.3 is 10.2 Å². The molecular weight excluding hydrogens is 244 g/mol. The summed E-state index contributed by atoms with van der Waals surface area (Å²) >= 11 is 0. The van der Waals surface area contributed by atoms with Gasteiger partial charge in [0.05, 0.1) is 0 Å². The summed E-state index contributed by atoms with van der Waals surface area (Å²) in [7, 11) is 2.13. The van der Waals surface area contributed by atoms with Crippen LogP contribution >= 0.6 is 0 Å². The van der Waals surface area contributed by atoms with E-state index in [1.54, 1.807) is 0 Å². The normalized spacial score (nSPS) is 10.5. The first-order chi connectivity index (χ1) is 9.79. The molecule has 0 heterocycles. The lowest BCUT2D eigenvalue weighted by Crippen LogP contribution is -2.16. The molecule has 1 N–H and O–H groups in total. The topological polar surface area (TPSA) is 15.3 Å². The average Bonchev–Trinajstić information content (AvgIpc) is 2.50. The number of hydrogen-bond acceptors (Lipinski definition) is 2. The van der Waals surface area contributed by atoms with Crippen molar-refractivity contribution in [1.82, 2.24) is 5.32 Å². The minimum absolute atomic E-state index is 0.937. The highest BCUT2D eigenvalue weighted by molar-refractivity contribution is 5.45. The van der Waals surface area contributed by atoms with Gasteiger partial charge in [-0.15, -0.1) is 0 Å². The van der Waals surface area contributed by atoms with Crippen molar-refractivity contribution in [3.05, 3.63) is 65.7 Å². The largest absolute Gasteiger partial charge is 0.370 e. The molecular formula is C18H24N2. The monoisotopic (exact) mass is 268 g/mol. The van der Waals surface area contributed by atoms with Crippen molar-refractivity contribution in [2.45, 2.75) is 26.4 Å². The first-order valence-corrected chi connectivity index (χ1v) is 7.34. The van der Waals surface area contributed by atoms with E-state index in [4.69, 9.17) is 0 Å². The van der Waals surface area contributed by atoms with E-state index in [1.807, 2.05) is 0 Å². The molecule has 0 amide bonds. The standard InChI is InChI=1S/C18H24N2/c1-3-13-19-14-16-9-11-17(12-10-16)15-20(2)18-7-5-4-6-8-18/h4-12,19H,3,13-15H2,1-2H3. The van der Waals surface area contributed by atoms with Crippen LogP contribution in [0.25, 0.3) is 0 Å². The Bertz CT molecular complexity index is 491. The summed E-state index contributed by atoms with van der Waals surface area (Å²) in [6, 6.07) is 19.4. The maximum Gasteiger partial charge on any atom is 0.0426 e. The average molecular weight is 268 g/mol. The van der Waals surface area contributed by atoms with Gasteiger partial charge in [-0.25, -0.2) is 0 Å². The fraction of sp³-hybridized carbons (Fsp3) is 0.333. The number of anilines is 1. The van der Waals surface area contributed by atoms with Gasteiger partial charge in [-0.05, 0) is 36.2 Å². The minimum Gasteiger partial charge on any atom is -0.370 e. The second-order valence-electron chi connectivity index (χ2n) is 5.18. The maximum atomic E-state index is 3.43. The van der Waals surface area contributed by atoms with E-state index >= 15 is 0 Å². The molecule has 106 valence electrons. The quantitative estimate of drug-likeness (QED) is 0.768. The zero-order chi connectivity index (χ0) is 14.2. The third-order valence-electron chi connectivity index (χ3n) is 3.40. The number of benzene rings is 2. The molecule has 0 aliphatic rings. The molecule has 0 saturated carbocycles. The Morgan fingerprint density at radius 2 is 1.55 bits per heavy atom. The van der Waals surface area contributed by atoms with E-state index in [-0.39, 0.29) is 0 Å². The molecule has 0 radical (unpaired) electrons. The molecule has 0 aliphatic heterocycles. The van der Waals surface area contributed by atoms with Crippen LogP contribution in [0.1, 0.15) is 24.5 Å². The van der Waals surface area contributed by atoms with Crippen LogP contribution in [0.3, 0.4) is 0 Å². The molecule has 20 heavy (non-hydrogen) atoms. The Balaban J connectivity index is 1.90. The zero-order valence-corrected chi connectivity index (χ0v) is 12.5. The van der Waals surface area contributed by atoms with Gasteiger partial charge in [0, 0.05) is 25.8 Å². The summed E-state index contributed by atoms with van der Waals surface area (Å²) in [4.78, 5) is 2.27. The van der Waals surface area contributed by atoms with Crippen LogP contribution < -0.4 is 10.2 Å². The van der Waals surface area contributed by atoms with E-state index in [0.717, 1.165) is 19.6 Å². The number of para-hydroxylation sites is 1. The minimum atomic E-state index is 0.937. The summed E-state index contributed by atoms with van der Waals surface area (Å²) in [5, 5.41) is 3.43. The molecule has 2 nitrogen and oxygen atoms in total. The molecule has 0 unspecified atom stereocenters. The van der Waals surface area contributed by atoms with Gasteiger partial charge in [0.25, 0.3) is 0 Å². The third kappa shape index (κ3) is 4.39. The highest BCUT2D eigenvalue weighted by Gasteiger charge is 2.01. The first-order valence-electron chi connectivity index (χ1n) is 7.34. The third-order valence-corrected chi connectivity index (χ3v) is 3.40. The van der Waals surface area contributed by atoms with Gasteiger partial charge in [-0.3, -0.25) is 0 Å². The Morgan fingerprint density at radius 3 is 2.20 bits per heavy atom. The molecule has 0 aromatic heterocycles. The van der Waals surface area contributed by atoms with Crippen LogP contribution in [-0.2, 0) is 13.1 Å². The number of nitrogens with zero attached hydrogens (tertiary/aromatic N) is 1. The van der Waals surface area contributed by atoms with Gasteiger partial charge in [0.2, 0.25) is 0 Å². The Morgan fingerprint density at radius 1 is 0.900 bits per heavy atom. The van der Waals surface area contributed by atoms with Gasteiger partial charge in [0.1, 0.15) is 0 Å². The lowest BCUT2D eigenvalue weighted by molar-refractivity contribution is 0.675. The van der Waals surface area contributed by atoms with Crippen molar-refractivity contribution in [2.75, 3.05) is 18.5 Å². The van der Waals surface area contributed by atoms with Crippen LogP contribution in [0.2, 0.25) is 0 Å². The summed E-state index contributed by atoms with van der Waals surface area (Å²) < 4.78 is 0. The van der Waals surface area contributed by atoms with Gasteiger partial charge in [0.15, 0.2) is 0 Å². The molecule has 2 heteroatoms. The second-order valence-corrected chi connectivity index (χ2v) is 5.18. The van der Waals surface area contributed by atoms with E-state index < -0.39 is 0 Å². The van der Waals surface area contributed by atoms with Gasteiger partial charge in [-0.1, -0.05) is 49.4 Å². The molecule has 2 rings (SSSR count). The molecule has 2 aromatic rings. The van der Waals surface area contributed by atoms with Crippen LogP contribution in [0.5, 0.6) is 0 Å². The predicted molar refractivity (Wildman–Crippen MR) is 87.0 cm³/mol. The van der Waals surface area contributed by atoms with Crippen molar-refractivity contribution in [3.63, 3.8) is 0 Å². The Hall–Kier alpha value is -1.80. The fourth-order valence-electron chi connectivity index (χ4n) is 2.22. The fourth-order valence-corrected chi connectivity index (χ4v) is 2.22. The van der Waals surface area contributed by atoms with Gasteiger partial charge in [-0.2, -0.15) is 0 Å². The summed E-state index contributed by atoms with van der Waals surface area (Å²) in [5.74, 6) is 0. The molecule has 0 fully saturated rings. The SMILES string of the molecule is CCCNCc1ccc(CN(C)c2ccccc2)cc1. The van der Waals surface area contributed by atoms with Crippen molar-refractivity contribution < 1.29 is 0 Å². The molecule has 0 saturated heterocycles. The van der Waals surface area contributed by atoms with Crippen molar-refractivity contribution in [3.8, 4) is 0 Å². The Kier molecular flexibility index (Phi) is 5.63. The molecule has 0 spiro atoms. The van der Waals surface area contributed by atoms with Gasteiger partial charge >= 0.3 is 0 Å². The number of rotatable bonds is 7.